The molecule has 0 unspecified atom stereocenters. The van der Waals surface area contributed by atoms with E-state index in [-0.39, 0.29) is 5.91 Å². The van der Waals surface area contributed by atoms with Crippen molar-refractivity contribution in [3.8, 4) is 11.5 Å². The number of benzene rings is 1. The van der Waals surface area contributed by atoms with Crippen molar-refractivity contribution in [1.82, 2.24) is 10.4 Å². The van der Waals surface area contributed by atoms with Gasteiger partial charge < -0.3 is 15.2 Å². The number of aromatic nitrogens is 1. The molecule has 0 aliphatic heterocycles. The van der Waals surface area contributed by atoms with Gasteiger partial charge in [-0.3, -0.25) is 4.79 Å². The number of para-hydroxylation sites is 1. The summed E-state index contributed by atoms with van der Waals surface area (Å²) in [5.74, 6) is 0.796. The summed E-state index contributed by atoms with van der Waals surface area (Å²) in [5, 5.41) is 4.33. The third-order valence-corrected chi connectivity index (χ3v) is 3.98. The Hall–Kier alpha value is -2.61. The van der Waals surface area contributed by atoms with Crippen molar-refractivity contribution in [3.63, 3.8) is 0 Å². The fourth-order valence-electron chi connectivity index (χ4n) is 2.01. The van der Waals surface area contributed by atoms with Crippen LogP contribution in [-0.4, -0.2) is 31.3 Å². The van der Waals surface area contributed by atoms with Crippen LogP contribution in [0, 0.1) is 0 Å². The summed E-state index contributed by atoms with van der Waals surface area (Å²) in [5.41, 5.74) is 9.47. The molecule has 0 atom stereocenters. The number of nitrogens with two attached hydrogens (primary N) is 1. The summed E-state index contributed by atoms with van der Waals surface area (Å²) in [6.07, 6.45) is 2.12. The second kappa shape index (κ2) is 7.59. The Bertz CT molecular complexity index is 728. The molecule has 0 bridgehead atoms. The fourth-order valence-corrected chi connectivity index (χ4v) is 2.82. The van der Waals surface area contributed by atoms with Gasteiger partial charge in [0.05, 0.1) is 26.1 Å². The van der Waals surface area contributed by atoms with E-state index in [0.29, 0.717) is 39.2 Å². The van der Waals surface area contributed by atoms with Crippen molar-refractivity contribution in [2.75, 3.05) is 20.0 Å². The van der Waals surface area contributed by atoms with Gasteiger partial charge in [0.15, 0.2) is 16.6 Å². The monoisotopic (exact) mass is 334 g/mol. The lowest BCUT2D eigenvalue weighted by Gasteiger charge is -2.09. The molecule has 7 nitrogen and oxygen atoms in total. The molecule has 8 heteroatoms. The second-order valence-electron chi connectivity index (χ2n) is 4.46. The number of thiazole rings is 1. The number of amides is 1. The van der Waals surface area contributed by atoms with Crippen molar-refractivity contribution in [2.24, 2.45) is 5.10 Å². The lowest BCUT2D eigenvalue weighted by atomic mass is 10.2. The molecule has 122 valence electrons. The maximum absolute atomic E-state index is 12.1. The van der Waals surface area contributed by atoms with Crippen molar-refractivity contribution in [3.05, 3.63) is 34.3 Å². The van der Waals surface area contributed by atoms with E-state index in [1.807, 2.05) is 13.0 Å². The third-order valence-electron chi connectivity index (χ3n) is 3.06. The number of carbonyl (C=O) groups is 1. The SMILES string of the molecule is CCc1nc(N)sc1C(=O)NN=Cc1cccc(OC)c1OC. The molecule has 0 radical (unpaired) electrons. The molecule has 0 aliphatic rings. The average molecular weight is 334 g/mol. The Morgan fingerprint density at radius 1 is 1.43 bits per heavy atom. The predicted octanol–water partition coefficient (Wildman–Crippen LogP) is 2.07. The molecular formula is C15H18N4O3S. The van der Waals surface area contributed by atoms with E-state index in [1.54, 1.807) is 26.4 Å². The number of nitrogen functional groups attached to an aromatic ring is 1. The lowest BCUT2D eigenvalue weighted by Crippen LogP contribution is -2.17. The first kappa shape index (κ1) is 16.8. The van der Waals surface area contributed by atoms with Gasteiger partial charge in [-0.1, -0.05) is 24.3 Å². The molecule has 2 aromatic rings. The highest BCUT2D eigenvalue weighted by Gasteiger charge is 2.15. The molecule has 0 spiro atoms. The van der Waals surface area contributed by atoms with Crippen molar-refractivity contribution in [1.29, 1.82) is 0 Å². The summed E-state index contributed by atoms with van der Waals surface area (Å²) in [6.45, 7) is 1.91. The van der Waals surface area contributed by atoms with Crippen LogP contribution in [0.1, 0.15) is 27.9 Å². The molecular weight excluding hydrogens is 316 g/mol. The number of hydrogen-bond donors (Lipinski definition) is 2. The molecule has 23 heavy (non-hydrogen) atoms. The number of hydrogen-bond acceptors (Lipinski definition) is 7. The van der Waals surface area contributed by atoms with Gasteiger partial charge in [0.25, 0.3) is 5.91 Å². The Morgan fingerprint density at radius 2 is 2.22 bits per heavy atom. The van der Waals surface area contributed by atoms with Gasteiger partial charge >= 0.3 is 0 Å². The maximum atomic E-state index is 12.1. The van der Waals surface area contributed by atoms with Crippen LogP contribution in [0.25, 0.3) is 0 Å². The van der Waals surface area contributed by atoms with Gasteiger partial charge in [-0.05, 0) is 18.6 Å². The first-order valence-electron chi connectivity index (χ1n) is 6.90. The summed E-state index contributed by atoms with van der Waals surface area (Å²) in [7, 11) is 3.10. The largest absolute Gasteiger partial charge is 0.493 e. The summed E-state index contributed by atoms with van der Waals surface area (Å²) in [4.78, 5) is 16.7. The zero-order valence-electron chi connectivity index (χ0n) is 13.1. The highest BCUT2D eigenvalue weighted by Crippen LogP contribution is 2.29. The van der Waals surface area contributed by atoms with Crippen molar-refractivity contribution < 1.29 is 14.3 Å². The standard InChI is InChI=1S/C15H18N4O3S/c1-4-10-13(23-15(16)18-10)14(20)19-17-8-9-6-5-7-11(21-2)12(9)22-3/h5-8H,4H2,1-3H3,(H2,16,18)(H,19,20). The number of rotatable bonds is 6. The number of nitrogens with zero attached hydrogens (tertiary/aromatic N) is 2. The number of methoxy groups -OCH3 is 2. The molecule has 1 aromatic heterocycles. The Morgan fingerprint density at radius 3 is 2.87 bits per heavy atom. The predicted molar refractivity (Wildman–Crippen MR) is 90.5 cm³/mol. The highest BCUT2D eigenvalue weighted by atomic mass is 32.1. The van der Waals surface area contributed by atoms with E-state index < -0.39 is 0 Å². The van der Waals surface area contributed by atoms with Crippen LogP contribution in [0.4, 0.5) is 5.13 Å². The quantitative estimate of drug-likeness (QED) is 0.622. The molecule has 1 heterocycles. The third kappa shape index (κ3) is 3.78. The van der Waals surface area contributed by atoms with Crippen LogP contribution in [0.15, 0.2) is 23.3 Å². The van der Waals surface area contributed by atoms with Crippen LogP contribution in [-0.2, 0) is 6.42 Å². The number of hydrazone groups is 1. The molecule has 1 aromatic carbocycles. The van der Waals surface area contributed by atoms with Crippen LogP contribution in [0.3, 0.4) is 0 Å². The van der Waals surface area contributed by atoms with Gasteiger partial charge in [-0.25, -0.2) is 10.4 Å². The average Bonchev–Trinajstić information content (AvgIpc) is 2.95. The topological polar surface area (TPSA) is 98.8 Å². The zero-order chi connectivity index (χ0) is 16.8. The first-order valence-corrected chi connectivity index (χ1v) is 7.71. The van der Waals surface area contributed by atoms with Crippen LogP contribution < -0.4 is 20.6 Å². The zero-order valence-corrected chi connectivity index (χ0v) is 13.9. The van der Waals surface area contributed by atoms with Gasteiger partial charge in [-0.2, -0.15) is 5.10 Å². The second-order valence-corrected chi connectivity index (χ2v) is 5.49. The van der Waals surface area contributed by atoms with E-state index in [9.17, 15) is 4.79 Å². The molecule has 3 N–H and O–H groups in total. The van der Waals surface area contributed by atoms with Gasteiger partial charge in [0.1, 0.15) is 4.88 Å². The minimum atomic E-state index is -0.339. The van der Waals surface area contributed by atoms with Crippen molar-refractivity contribution in [2.45, 2.75) is 13.3 Å². The molecule has 0 saturated heterocycles. The van der Waals surface area contributed by atoms with Crippen LogP contribution in [0.5, 0.6) is 11.5 Å². The molecule has 0 saturated carbocycles. The van der Waals surface area contributed by atoms with Crippen molar-refractivity contribution >= 4 is 28.6 Å². The van der Waals surface area contributed by atoms with Crippen LogP contribution >= 0.6 is 11.3 Å². The number of aryl methyl sites for hydroxylation is 1. The number of anilines is 1. The fraction of sp³-hybridized carbons (Fsp3) is 0.267. The molecule has 2 rings (SSSR count). The smallest absolute Gasteiger partial charge is 0.283 e. The minimum Gasteiger partial charge on any atom is -0.493 e. The number of nitrogens with one attached hydrogen (secondary N) is 1. The van der Waals surface area contributed by atoms with E-state index in [1.165, 1.54) is 6.21 Å². The molecule has 1 amide bonds. The van der Waals surface area contributed by atoms with E-state index in [0.717, 1.165) is 11.3 Å². The van der Waals surface area contributed by atoms with E-state index in [2.05, 4.69) is 15.5 Å². The maximum Gasteiger partial charge on any atom is 0.283 e. The highest BCUT2D eigenvalue weighted by molar-refractivity contribution is 7.17. The first-order chi connectivity index (χ1) is 11.1. The normalized spacial score (nSPS) is 10.7. The summed E-state index contributed by atoms with van der Waals surface area (Å²) in [6, 6.07) is 5.39. The van der Waals surface area contributed by atoms with Gasteiger partial charge in [0.2, 0.25) is 0 Å². The van der Waals surface area contributed by atoms with E-state index in [4.69, 9.17) is 15.2 Å². The Labute approximate surface area is 138 Å². The lowest BCUT2D eigenvalue weighted by molar-refractivity contribution is 0.0958. The molecule has 0 aliphatic carbocycles. The van der Waals surface area contributed by atoms with E-state index >= 15 is 0 Å². The minimum absolute atomic E-state index is 0.339. The summed E-state index contributed by atoms with van der Waals surface area (Å²) < 4.78 is 10.5. The summed E-state index contributed by atoms with van der Waals surface area (Å²) >= 11 is 1.14. The number of ether oxygens (including phenoxy) is 2. The van der Waals surface area contributed by atoms with Gasteiger partial charge in [0, 0.05) is 5.56 Å². The molecule has 0 fully saturated rings. The Kier molecular flexibility index (Phi) is 5.53. The number of carbonyl (C=O) groups excluding carboxylic acids is 1. The van der Waals surface area contributed by atoms with Crippen LogP contribution in [0.2, 0.25) is 0 Å². The van der Waals surface area contributed by atoms with Gasteiger partial charge in [-0.15, -0.1) is 0 Å². The Balaban J connectivity index is 2.14.